The lowest BCUT2D eigenvalue weighted by Gasteiger charge is -2.35. The number of benzene rings is 1. The van der Waals surface area contributed by atoms with Gasteiger partial charge in [-0.3, -0.25) is 14.6 Å². The number of amides is 2. The molecule has 1 unspecified atom stereocenters. The summed E-state index contributed by atoms with van der Waals surface area (Å²) < 4.78 is 5.59. The van der Waals surface area contributed by atoms with Crippen LogP contribution in [0.2, 0.25) is 0 Å². The van der Waals surface area contributed by atoms with Crippen LogP contribution in [-0.4, -0.2) is 47.5 Å². The van der Waals surface area contributed by atoms with Crippen molar-refractivity contribution in [2.45, 2.75) is 33.8 Å². The quantitative estimate of drug-likeness (QED) is 0.899. The largest absolute Gasteiger partial charge is 0.365 e. The van der Waals surface area contributed by atoms with E-state index in [0.29, 0.717) is 18.8 Å². The van der Waals surface area contributed by atoms with Gasteiger partial charge in [0.15, 0.2) is 6.10 Å². The molecular formula is C20H25N3O3. The third-order valence-corrected chi connectivity index (χ3v) is 4.39. The van der Waals surface area contributed by atoms with Gasteiger partial charge < -0.3 is 15.0 Å². The molecule has 1 aromatic heterocycles. The summed E-state index contributed by atoms with van der Waals surface area (Å²) in [7, 11) is 0. The van der Waals surface area contributed by atoms with Crippen LogP contribution in [0.25, 0.3) is 10.9 Å². The highest BCUT2D eigenvalue weighted by Crippen LogP contribution is 2.21. The van der Waals surface area contributed by atoms with Crippen molar-refractivity contribution in [2.24, 2.45) is 5.41 Å². The highest BCUT2D eigenvalue weighted by molar-refractivity contribution is 5.96. The Hall–Kier alpha value is -2.47. The van der Waals surface area contributed by atoms with Crippen molar-refractivity contribution in [3.63, 3.8) is 0 Å². The van der Waals surface area contributed by atoms with E-state index in [1.165, 1.54) is 0 Å². The zero-order valence-corrected chi connectivity index (χ0v) is 15.7. The smallest absolute Gasteiger partial charge is 0.255 e. The van der Waals surface area contributed by atoms with E-state index in [-0.39, 0.29) is 18.4 Å². The van der Waals surface area contributed by atoms with Crippen molar-refractivity contribution in [3.05, 3.63) is 36.0 Å². The second-order valence-electron chi connectivity index (χ2n) is 7.77. The van der Waals surface area contributed by atoms with Gasteiger partial charge in [0.25, 0.3) is 5.91 Å². The molecule has 0 saturated carbocycles. The van der Waals surface area contributed by atoms with Gasteiger partial charge >= 0.3 is 0 Å². The summed E-state index contributed by atoms with van der Waals surface area (Å²) in [5.74, 6) is -0.230. The molecule has 0 aliphatic carbocycles. The number of carbonyl (C=O) groups is 2. The predicted octanol–water partition coefficient (Wildman–Crippen LogP) is 2.76. The molecular weight excluding hydrogens is 330 g/mol. The number of aryl methyl sites for hydroxylation is 1. The van der Waals surface area contributed by atoms with Gasteiger partial charge in [-0.25, -0.2) is 0 Å². The fourth-order valence-electron chi connectivity index (χ4n) is 3.01. The molecule has 2 aromatic rings. The Kier molecular flexibility index (Phi) is 4.96. The maximum absolute atomic E-state index is 12.6. The summed E-state index contributed by atoms with van der Waals surface area (Å²) in [6.07, 6.45) is 0.958. The van der Waals surface area contributed by atoms with Gasteiger partial charge in [0.2, 0.25) is 5.91 Å². The van der Waals surface area contributed by atoms with Crippen LogP contribution >= 0.6 is 0 Å². The maximum atomic E-state index is 12.6. The average Bonchev–Trinajstić information content (AvgIpc) is 2.60. The van der Waals surface area contributed by atoms with E-state index < -0.39 is 11.5 Å². The Morgan fingerprint density at radius 2 is 2.04 bits per heavy atom. The van der Waals surface area contributed by atoms with Gasteiger partial charge in [-0.05, 0) is 25.1 Å². The number of carbonyl (C=O) groups excluding carboxylic acids is 2. The van der Waals surface area contributed by atoms with E-state index in [2.05, 4.69) is 10.3 Å². The summed E-state index contributed by atoms with van der Waals surface area (Å²) in [5.41, 5.74) is 2.16. The van der Waals surface area contributed by atoms with Gasteiger partial charge in [0.05, 0.1) is 30.6 Å². The summed E-state index contributed by atoms with van der Waals surface area (Å²) in [4.78, 5) is 31.1. The zero-order valence-electron chi connectivity index (χ0n) is 15.7. The molecule has 1 N–H and O–H groups in total. The highest BCUT2D eigenvalue weighted by Gasteiger charge is 2.34. The number of rotatable bonds is 2. The summed E-state index contributed by atoms with van der Waals surface area (Å²) in [6.45, 7) is 8.78. The number of fused-ring (bicyclic) bond motifs is 1. The monoisotopic (exact) mass is 355 g/mol. The molecule has 0 spiro atoms. The van der Waals surface area contributed by atoms with Crippen LogP contribution < -0.4 is 5.32 Å². The van der Waals surface area contributed by atoms with Gasteiger partial charge in [-0.15, -0.1) is 0 Å². The standard InChI is InChI=1S/C20H25N3O3/c1-13-5-6-16-14(9-13)10-15(11-21-16)22-18(24)17-12-23(7-8-26-17)19(25)20(2,3)4/h5-6,9-11,17H,7-8,12H2,1-4H3,(H,22,24). The van der Waals surface area contributed by atoms with Crippen molar-refractivity contribution >= 4 is 28.4 Å². The summed E-state index contributed by atoms with van der Waals surface area (Å²) in [5, 5.41) is 3.83. The molecule has 3 rings (SSSR count). The SMILES string of the molecule is Cc1ccc2ncc(NC(=O)C3CN(C(=O)C(C)(C)C)CCO3)cc2c1. The first-order valence-electron chi connectivity index (χ1n) is 8.82. The molecule has 1 saturated heterocycles. The van der Waals surface area contributed by atoms with Crippen molar-refractivity contribution in [3.8, 4) is 0 Å². The van der Waals surface area contributed by atoms with Crippen LogP contribution in [0.1, 0.15) is 26.3 Å². The van der Waals surface area contributed by atoms with E-state index in [1.54, 1.807) is 11.1 Å². The second kappa shape index (κ2) is 7.03. The Bertz CT molecular complexity index is 842. The Balaban J connectivity index is 1.70. The van der Waals surface area contributed by atoms with Crippen LogP contribution in [0.3, 0.4) is 0 Å². The number of hydrogen-bond acceptors (Lipinski definition) is 4. The van der Waals surface area contributed by atoms with Crippen LogP contribution in [0.15, 0.2) is 30.5 Å². The number of nitrogens with zero attached hydrogens (tertiary/aromatic N) is 2. The van der Waals surface area contributed by atoms with Crippen LogP contribution in [0.5, 0.6) is 0 Å². The molecule has 0 radical (unpaired) electrons. The second-order valence-corrected chi connectivity index (χ2v) is 7.77. The number of nitrogens with one attached hydrogen (secondary N) is 1. The number of aromatic nitrogens is 1. The number of morpholine rings is 1. The van der Waals surface area contributed by atoms with Crippen molar-refractivity contribution in [1.82, 2.24) is 9.88 Å². The molecule has 2 heterocycles. The average molecular weight is 355 g/mol. The molecule has 26 heavy (non-hydrogen) atoms. The molecule has 138 valence electrons. The Labute approximate surface area is 153 Å². The summed E-state index contributed by atoms with van der Waals surface area (Å²) in [6, 6.07) is 7.88. The first-order valence-corrected chi connectivity index (χ1v) is 8.82. The highest BCUT2D eigenvalue weighted by atomic mass is 16.5. The van der Waals surface area contributed by atoms with E-state index >= 15 is 0 Å². The van der Waals surface area contributed by atoms with Gasteiger partial charge in [0, 0.05) is 17.3 Å². The molecule has 6 nitrogen and oxygen atoms in total. The predicted molar refractivity (Wildman–Crippen MR) is 101 cm³/mol. The van der Waals surface area contributed by atoms with Gasteiger partial charge in [-0.1, -0.05) is 32.4 Å². The fraction of sp³-hybridized carbons (Fsp3) is 0.450. The molecule has 1 atom stereocenters. The fourth-order valence-corrected chi connectivity index (χ4v) is 3.01. The third-order valence-electron chi connectivity index (χ3n) is 4.39. The molecule has 1 fully saturated rings. The van der Waals surface area contributed by atoms with E-state index in [0.717, 1.165) is 16.5 Å². The maximum Gasteiger partial charge on any atom is 0.255 e. The lowest BCUT2D eigenvalue weighted by atomic mass is 9.94. The number of hydrogen-bond donors (Lipinski definition) is 1. The van der Waals surface area contributed by atoms with Gasteiger partial charge in [-0.2, -0.15) is 0 Å². The van der Waals surface area contributed by atoms with E-state index in [4.69, 9.17) is 4.74 Å². The van der Waals surface area contributed by atoms with E-state index in [9.17, 15) is 9.59 Å². The molecule has 2 amide bonds. The van der Waals surface area contributed by atoms with Crippen LogP contribution in [0, 0.1) is 12.3 Å². The molecule has 1 aliphatic rings. The van der Waals surface area contributed by atoms with Gasteiger partial charge in [0.1, 0.15) is 0 Å². The van der Waals surface area contributed by atoms with Crippen molar-refractivity contribution < 1.29 is 14.3 Å². The lowest BCUT2D eigenvalue weighted by molar-refractivity contribution is -0.150. The van der Waals surface area contributed by atoms with Crippen LogP contribution in [0.4, 0.5) is 5.69 Å². The van der Waals surface area contributed by atoms with Crippen molar-refractivity contribution in [2.75, 3.05) is 25.0 Å². The summed E-state index contributed by atoms with van der Waals surface area (Å²) >= 11 is 0. The van der Waals surface area contributed by atoms with Crippen molar-refractivity contribution in [1.29, 1.82) is 0 Å². The minimum atomic E-state index is -0.678. The first kappa shape index (κ1) is 18.3. The first-order chi connectivity index (χ1) is 12.2. The molecule has 1 aliphatic heterocycles. The van der Waals surface area contributed by atoms with E-state index in [1.807, 2.05) is 52.0 Å². The minimum absolute atomic E-state index is 0.0291. The number of anilines is 1. The normalized spacial score (nSPS) is 18.0. The Morgan fingerprint density at radius 1 is 1.27 bits per heavy atom. The Morgan fingerprint density at radius 3 is 2.77 bits per heavy atom. The molecule has 0 bridgehead atoms. The molecule has 6 heteroatoms. The topological polar surface area (TPSA) is 71.5 Å². The lowest BCUT2D eigenvalue weighted by Crippen LogP contribution is -2.52. The molecule has 1 aromatic carbocycles. The number of ether oxygens (including phenoxy) is 1. The number of pyridine rings is 1. The minimum Gasteiger partial charge on any atom is -0.365 e. The van der Waals surface area contributed by atoms with Crippen LogP contribution in [-0.2, 0) is 14.3 Å². The zero-order chi connectivity index (χ0) is 18.9. The third kappa shape index (κ3) is 4.02.